The van der Waals surface area contributed by atoms with Gasteiger partial charge in [0, 0.05) is 21.8 Å². The predicted molar refractivity (Wildman–Crippen MR) is 219 cm³/mol. The van der Waals surface area contributed by atoms with Crippen LogP contribution in [-0.2, 0) is 15.6 Å². The lowest BCUT2D eigenvalue weighted by Gasteiger charge is -2.30. The minimum absolute atomic E-state index is 0.00986. The minimum atomic E-state index is -0.691. The van der Waals surface area contributed by atoms with Crippen molar-refractivity contribution in [3.63, 3.8) is 0 Å². The Morgan fingerprint density at radius 2 is 1.57 bits per heavy atom. The second-order valence-electron chi connectivity index (χ2n) is 14.3. The quantitative estimate of drug-likeness (QED) is 0.131. The van der Waals surface area contributed by atoms with Crippen LogP contribution < -0.4 is 25.1 Å². The average Bonchev–Trinajstić information content (AvgIpc) is 3.54. The molecular weight excluding hydrogens is 747 g/mol. The molecule has 0 saturated heterocycles. The van der Waals surface area contributed by atoms with Crippen LogP contribution in [0.25, 0.3) is 0 Å². The third kappa shape index (κ3) is 9.71. The highest BCUT2D eigenvalue weighted by Gasteiger charge is 2.32. The van der Waals surface area contributed by atoms with E-state index in [0.29, 0.717) is 33.6 Å². The Labute approximate surface area is 331 Å². The van der Waals surface area contributed by atoms with Crippen LogP contribution >= 0.6 is 34.8 Å². The van der Waals surface area contributed by atoms with Crippen LogP contribution in [-0.4, -0.2) is 44.0 Å². The molecule has 2 N–H and O–H groups in total. The number of benzene rings is 4. The van der Waals surface area contributed by atoms with E-state index < -0.39 is 11.9 Å². The van der Waals surface area contributed by atoms with Crippen molar-refractivity contribution in [2.75, 3.05) is 30.6 Å². The van der Waals surface area contributed by atoms with E-state index >= 15 is 0 Å². The van der Waals surface area contributed by atoms with E-state index in [9.17, 15) is 9.59 Å². The van der Waals surface area contributed by atoms with Gasteiger partial charge in [0.1, 0.15) is 11.5 Å². The Morgan fingerprint density at radius 1 is 0.889 bits per heavy atom. The maximum Gasteiger partial charge on any atom is 0.262 e. The van der Waals surface area contributed by atoms with Gasteiger partial charge in [0.05, 0.1) is 35.1 Å². The van der Waals surface area contributed by atoms with Crippen molar-refractivity contribution >= 4 is 69.5 Å². The molecular formula is C41H45Cl3N6O4. The first-order chi connectivity index (χ1) is 25.6. The van der Waals surface area contributed by atoms with E-state index in [4.69, 9.17) is 44.3 Å². The number of methoxy groups -OCH3 is 1. The lowest BCUT2D eigenvalue weighted by atomic mass is 9.76. The highest BCUT2D eigenvalue weighted by Crippen LogP contribution is 2.40. The molecule has 0 radical (unpaired) electrons. The van der Waals surface area contributed by atoms with Crippen molar-refractivity contribution in [1.82, 2.24) is 5.32 Å². The summed E-state index contributed by atoms with van der Waals surface area (Å²) in [6, 6.07) is 22.3. The Balaban J connectivity index is 1.31. The fourth-order valence-corrected chi connectivity index (χ4v) is 6.67. The molecule has 10 nitrogen and oxygen atoms in total. The molecule has 1 aliphatic rings. The third-order valence-electron chi connectivity index (χ3n) is 9.78. The summed E-state index contributed by atoms with van der Waals surface area (Å²) < 4.78 is 11.3. The number of carbonyl (C=O) groups is 2. The maximum atomic E-state index is 13.6. The summed E-state index contributed by atoms with van der Waals surface area (Å²) in [6.07, 6.45) is 1.90. The van der Waals surface area contributed by atoms with E-state index in [0.717, 1.165) is 18.4 Å². The van der Waals surface area contributed by atoms with Crippen molar-refractivity contribution in [3.8, 4) is 11.5 Å². The molecule has 2 amide bonds. The van der Waals surface area contributed by atoms with Gasteiger partial charge in [0.15, 0.2) is 18.5 Å². The zero-order chi connectivity index (χ0) is 39.2. The van der Waals surface area contributed by atoms with E-state index in [2.05, 4.69) is 79.6 Å². The molecule has 13 heteroatoms. The van der Waals surface area contributed by atoms with Gasteiger partial charge in [-0.25, -0.2) is 0 Å². The highest BCUT2D eigenvalue weighted by atomic mass is 35.5. The molecule has 54 heavy (non-hydrogen) atoms. The number of hydrogen-bond donors (Lipinski definition) is 2. The summed E-state index contributed by atoms with van der Waals surface area (Å²) in [6.45, 7) is 13.1. The third-order valence-corrected chi connectivity index (χ3v) is 10.6. The number of carbonyl (C=O) groups excluding carboxylic acids is 2. The van der Waals surface area contributed by atoms with Gasteiger partial charge >= 0.3 is 0 Å². The Bertz CT molecular complexity index is 2040. The van der Waals surface area contributed by atoms with Crippen LogP contribution in [0.1, 0.15) is 75.9 Å². The first kappa shape index (κ1) is 40.5. The summed E-state index contributed by atoms with van der Waals surface area (Å²) in [7, 11) is 1.58. The molecule has 0 bridgehead atoms. The topological polar surface area (TPSA) is 117 Å². The maximum absolute atomic E-state index is 13.6. The standard InChI is InChI=1S/C41H45Cl3N6O4/c1-8-40(3,4)26-13-18-35(31(20-26)41(5,6)9-2)54-24-36(51)45-29-12-10-11-25(19-29)39(52)46-38-34(48-47-28-14-16-30(53-7)17-15-28)23-50(49-38)37-32(43)21-27(42)22-33(37)44/h10-22,34H,8-9,23-24H2,1-7H3,(H,45,51)(H,46,49,52). The number of hydrazone groups is 1. The van der Waals surface area contributed by atoms with Gasteiger partial charge in [0.25, 0.3) is 11.8 Å². The number of nitrogens with zero attached hydrogens (tertiary/aromatic N) is 4. The van der Waals surface area contributed by atoms with Crippen molar-refractivity contribution < 1.29 is 19.1 Å². The Kier molecular flexibility index (Phi) is 12.9. The summed E-state index contributed by atoms with van der Waals surface area (Å²) in [5, 5.41) is 21.7. The molecule has 1 unspecified atom stereocenters. The van der Waals surface area contributed by atoms with Crippen LogP contribution in [0.4, 0.5) is 17.1 Å². The summed E-state index contributed by atoms with van der Waals surface area (Å²) in [5.74, 6) is 0.744. The molecule has 1 atom stereocenters. The molecule has 4 aromatic rings. The smallest absolute Gasteiger partial charge is 0.262 e. The SMILES string of the molecule is CCC(C)(C)c1ccc(OCC(=O)Nc2cccc(C(=O)NC3=NN(c4c(Cl)cc(Cl)cc4Cl)CC3N=Nc3ccc(OC)cc3)c2)c(C(C)(C)CC)c1. The fraction of sp³-hybridized carbons (Fsp3) is 0.341. The van der Waals surface area contributed by atoms with Crippen LogP contribution in [0, 0.1) is 0 Å². The first-order valence-corrected chi connectivity index (χ1v) is 18.8. The van der Waals surface area contributed by atoms with Gasteiger partial charge in [0.2, 0.25) is 0 Å². The Morgan fingerprint density at radius 3 is 2.22 bits per heavy atom. The normalized spacial score (nSPS) is 14.6. The van der Waals surface area contributed by atoms with Gasteiger partial charge in [-0.2, -0.15) is 15.3 Å². The van der Waals surface area contributed by atoms with Gasteiger partial charge in [-0.15, -0.1) is 0 Å². The Hall–Kier alpha value is -4.64. The summed E-state index contributed by atoms with van der Waals surface area (Å²) >= 11 is 19.2. The number of amides is 2. The lowest BCUT2D eigenvalue weighted by molar-refractivity contribution is -0.118. The van der Waals surface area contributed by atoms with E-state index in [-0.39, 0.29) is 51.3 Å². The number of azo groups is 1. The molecule has 5 rings (SSSR count). The first-order valence-electron chi connectivity index (χ1n) is 17.7. The fourth-order valence-electron chi connectivity index (χ4n) is 5.66. The molecule has 0 spiro atoms. The molecule has 1 heterocycles. The van der Waals surface area contributed by atoms with Crippen LogP contribution in [0.2, 0.25) is 15.1 Å². The summed E-state index contributed by atoms with van der Waals surface area (Å²) in [4.78, 5) is 26.8. The molecule has 0 aliphatic carbocycles. The summed E-state index contributed by atoms with van der Waals surface area (Å²) in [5.41, 5.74) is 3.85. The van der Waals surface area contributed by atoms with Crippen molar-refractivity contribution in [1.29, 1.82) is 0 Å². The lowest BCUT2D eigenvalue weighted by Crippen LogP contribution is -2.37. The van der Waals surface area contributed by atoms with Crippen LogP contribution in [0.15, 0.2) is 94.2 Å². The second-order valence-corrected chi connectivity index (χ2v) is 15.5. The second kappa shape index (κ2) is 17.2. The number of hydrogen-bond acceptors (Lipinski definition) is 8. The molecule has 1 aliphatic heterocycles. The molecule has 0 aromatic heterocycles. The van der Waals surface area contributed by atoms with Crippen LogP contribution in [0.3, 0.4) is 0 Å². The zero-order valence-electron chi connectivity index (χ0n) is 31.5. The number of rotatable bonds is 13. The minimum Gasteiger partial charge on any atom is -0.497 e. The number of halogens is 3. The molecule has 0 fully saturated rings. The molecule has 0 saturated carbocycles. The van der Waals surface area contributed by atoms with Gasteiger partial charge < -0.3 is 20.1 Å². The molecule has 284 valence electrons. The van der Waals surface area contributed by atoms with E-state index in [1.54, 1.807) is 72.8 Å². The van der Waals surface area contributed by atoms with Gasteiger partial charge in [-0.05, 0) is 89.9 Å². The monoisotopic (exact) mass is 790 g/mol. The van der Waals surface area contributed by atoms with Crippen molar-refractivity contribution in [2.45, 2.75) is 71.3 Å². The zero-order valence-corrected chi connectivity index (χ0v) is 33.7. The van der Waals surface area contributed by atoms with Gasteiger partial charge in [-0.1, -0.05) is 94.5 Å². The van der Waals surface area contributed by atoms with E-state index in [1.165, 1.54) is 5.56 Å². The average molecular weight is 792 g/mol. The number of anilines is 2. The number of nitrogens with one attached hydrogen (secondary N) is 2. The van der Waals surface area contributed by atoms with E-state index in [1.807, 2.05) is 6.07 Å². The number of amidine groups is 1. The highest BCUT2D eigenvalue weighted by molar-refractivity contribution is 6.41. The van der Waals surface area contributed by atoms with Gasteiger partial charge in [-0.3, -0.25) is 14.6 Å². The van der Waals surface area contributed by atoms with Crippen molar-refractivity contribution in [3.05, 3.63) is 111 Å². The van der Waals surface area contributed by atoms with Crippen LogP contribution in [0.5, 0.6) is 11.5 Å². The van der Waals surface area contributed by atoms with Crippen molar-refractivity contribution in [2.24, 2.45) is 15.3 Å². The molecule has 4 aromatic carbocycles. The largest absolute Gasteiger partial charge is 0.497 e. The number of ether oxygens (including phenoxy) is 2. The predicted octanol–water partition coefficient (Wildman–Crippen LogP) is 10.8.